The number of carboxylic acid groups (broad SMARTS) is 1. The van der Waals surface area contributed by atoms with E-state index < -0.39 is 46.2 Å². The molecule has 10 nitrogen and oxygen atoms in total. The summed E-state index contributed by atoms with van der Waals surface area (Å²) in [7, 11) is 0. The van der Waals surface area contributed by atoms with Crippen LogP contribution >= 0.6 is 0 Å². The maximum Gasteiger partial charge on any atom is 0.416 e. The molecule has 13 heteroatoms. The van der Waals surface area contributed by atoms with Crippen molar-refractivity contribution in [3.8, 4) is 17.1 Å². The molecular weight excluding hydrogens is 497 g/mol. The highest BCUT2D eigenvalue weighted by atomic mass is 19.4. The fraction of sp³-hybridized carbons (Fsp3) is 0.0833. The zero-order valence-corrected chi connectivity index (χ0v) is 18.5. The van der Waals surface area contributed by atoms with Crippen LogP contribution in [0.5, 0.6) is 5.75 Å². The van der Waals surface area contributed by atoms with Gasteiger partial charge in [0.05, 0.1) is 27.6 Å². The van der Waals surface area contributed by atoms with Gasteiger partial charge in [-0.2, -0.15) is 22.9 Å². The Labute approximate surface area is 205 Å². The van der Waals surface area contributed by atoms with Gasteiger partial charge in [-0.1, -0.05) is 30.3 Å². The van der Waals surface area contributed by atoms with E-state index in [1.54, 1.807) is 12.1 Å². The summed E-state index contributed by atoms with van der Waals surface area (Å²) in [5.41, 5.74) is -2.13. The summed E-state index contributed by atoms with van der Waals surface area (Å²) in [6.07, 6.45) is -3.65. The molecule has 0 aliphatic rings. The van der Waals surface area contributed by atoms with E-state index in [1.807, 2.05) is 0 Å². The highest BCUT2D eigenvalue weighted by Gasteiger charge is 2.31. The Hall–Kier alpha value is -5.07. The molecule has 0 saturated carbocycles. The standard InChI is InChI=1S/C24H15F3N4O6/c25-24(26,27)16-7-3-5-14(11-16)22-29-18-9-2-1-8-17(18)23(34)30(22)28-12-15-6-4-10-19(31(35)36)21(15)37-13-20(32)33/h1-12H,13H2,(H,32,33). The van der Waals surface area contributed by atoms with Crippen molar-refractivity contribution in [2.45, 2.75) is 6.18 Å². The van der Waals surface area contributed by atoms with Gasteiger partial charge >= 0.3 is 17.8 Å². The molecule has 188 valence electrons. The first kappa shape index (κ1) is 25.0. The lowest BCUT2D eigenvalue weighted by atomic mass is 10.1. The molecule has 4 rings (SSSR count). The zero-order valence-electron chi connectivity index (χ0n) is 18.5. The molecule has 0 fully saturated rings. The predicted octanol–water partition coefficient (Wildman–Crippen LogP) is 4.34. The van der Waals surface area contributed by atoms with E-state index in [2.05, 4.69) is 10.1 Å². The number of fused-ring (bicyclic) bond motifs is 1. The molecule has 1 N–H and O–H groups in total. The number of halogens is 3. The number of nitrogens with zero attached hydrogens (tertiary/aromatic N) is 4. The molecule has 0 bridgehead atoms. The highest BCUT2D eigenvalue weighted by Crippen LogP contribution is 2.32. The largest absolute Gasteiger partial charge is 0.479 e. The van der Waals surface area contributed by atoms with Crippen molar-refractivity contribution in [1.29, 1.82) is 0 Å². The number of carbonyl (C=O) groups is 1. The van der Waals surface area contributed by atoms with Crippen molar-refractivity contribution in [1.82, 2.24) is 9.66 Å². The van der Waals surface area contributed by atoms with Crippen molar-refractivity contribution in [3.63, 3.8) is 0 Å². The van der Waals surface area contributed by atoms with Crippen LogP contribution in [-0.4, -0.2) is 38.5 Å². The fourth-order valence-corrected chi connectivity index (χ4v) is 3.45. The number of alkyl halides is 3. The third kappa shape index (κ3) is 5.29. The van der Waals surface area contributed by atoms with Crippen LogP contribution in [0.2, 0.25) is 0 Å². The van der Waals surface area contributed by atoms with Crippen molar-refractivity contribution in [2.24, 2.45) is 5.10 Å². The van der Waals surface area contributed by atoms with Crippen LogP contribution in [0.4, 0.5) is 18.9 Å². The molecule has 0 amide bonds. The Morgan fingerprint density at radius 2 is 1.86 bits per heavy atom. The van der Waals surface area contributed by atoms with E-state index in [4.69, 9.17) is 9.84 Å². The number of aliphatic carboxylic acids is 1. The quantitative estimate of drug-likeness (QED) is 0.221. The number of hydrogen-bond donors (Lipinski definition) is 1. The molecule has 4 aromatic rings. The molecule has 1 aromatic heterocycles. The predicted molar refractivity (Wildman–Crippen MR) is 126 cm³/mol. The highest BCUT2D eigenvalue weighted by molar-refractivity contribution is 5.87. The summed E-state index contributed by atoms with van der Waals surface area (Å²) in [6, 6.07) is 14.0. The average molecular weight is 512 g/mol. The Kier molecular flexibility index (Phi) is 6.69. The first-order valence-corrected chi connectivity index (χ1v) is 10.4. The summed E-state index contributed by atoms with van der Waals surface area (Å²) in [5.74, 6) is -2.02. The Morgan fingerprint density at radius 3 is 2.57 bits per heavy atom. The van der Waals surface area contributed by atoms with Gasteiger partial charge in [-0.25, -0.2) is 9.78 Å². The normalized spacial score (nSPS) is 11.6. The number of carboxylic acids is 1. The minimum Gasteiger partial charge on any atom is -0.479 e. The molecule has 0 spiro atoms. The number of aromatic nitrogens is 2. The number of ether oxygens (including phenoxy) is 1. The van der Waals surface area contributed by atoms with Crippen LogP contribution in [0.15, 0.2) is 76.6 Å². The summed E-state index contributed by atoms with van der Waals surface area (Å²) in [5, 5.41) is 24.5. The topological polar surface area (TPSA) is 137 Å². The van der Waals surface area contributed by atoms with Crippen molar-refractivity contribution in [3.05, 3.63) is 98.3 Å². The van der Waals surface area contributed by atoms with Gasteiger partial charge in [0.25, 0.3) is 5.56 Å². The van der Waals surface area contributed by atoms with E-state index in [9.17, 15) is 32.9 Å². The lowest BCUT2D eigenvalue weighted by Crippen LogP contribution is -2.20. The number of benzene rings is 3. The van der Waals surface area contributed by atoms with Gasteiger partial charge in [-0.3, -0.25) is 14.9 Å². The van der Waals surface area contributed by atoms with Gasteiger partial charge in [0.1, 0.15) is 0 Å². The van der Waals surface area contributed by atoms with Crippen LogP contribution < -0.4 is 10.3 Å². The van der Waals surface area contributed by atoms with Crippen LogP contribution in [-0.2, 0) is 11.0 Å². The minimum absolute atomic E-state index is 0.0505. The zero-order chi connectivity index (χ0) is 26.7. The van der Waals surface area contributed by atoms with E-state index in [1.165, 1.54) is 30.3 Å². The van der Waals surface area contributed by atoms with Crippen LogP contribution in [0.25, 0.3) is 22.3 Å². The van der Waals surface area contributed by atoms with Gasteiger partial charge in [0.15, 0.2) is 12.4 Å². The number of nitro benzene ring substituents is 1. The van der Waals surface area contributed by atoms with Gasteiger partial charge in [-0.05, 0) is 30.3 Å². The molecule has 0 saturated heterocycles. The third-order valence-corrected chi connectivity index (χ3v) is 5.08. The number of hydrogen-bond acceptors (Lipinski definition) is 7. The Balaban J connectivity index is 1.92. The molecule has 0 radical (unpaired) electrons. The summed E-state index contributed by atoms with van der Waals surface area (Å²) in [6.45, 7) is -0.890. The molecule has 1 heterocycles. The number of nitro groups is 1. The second kappa shape index (κ2) is 9.89. The van der Waals surface area contributed by atoms with Gasteiger partial charge in [0, 0.05) is 17.2 Å². The fourth-order valence-electron chi connectivity index (χ4n) is 3.45. The smallest absolute Gasteiger partial charge is 0.416 e. The molecule has 3 aromatic carbocycles. The van der Waals surface area contributed by atoms with Gasteiger partial charge < -0.3 is 9.84 Å². The molecule has 0 aliphatic carbocycles. The number of rotatable bonds is 7. The SMILES string of the molecule is O=C(O)COc1c(C=Nn2c(-c3cccc(C(F)(F)F)c3)nc3ccccc3c2=O)cccc1[N+](=O)[O-]. The summed E-state index contributed by atoms with van der Waals surface area (Å²) in [4.78, 5) is 39.2. The van der Waals surface area contributed by atoms with E-state index in [0.717, 1.165) is 35.2 Å². The molecule has 37 heavy (non-hydrogen) atoms. The maximum atomic E-state index is 13.3. The van der Waals surface area contributed by atoms with Crippen molar-refractivity contribution >= 4 is 28.8 Å². The molecule has 0 aliphatic heterocycles. The monoisotopic (exact) mass is 512 g/mol. The Bertz CT molecular complexity index is 1610. The van der Waals surface area contributed by atoms with E-state index >= 15 is 0 Å². The second-order valence-electron chi connectivity index (χ2n) is 7.53. The number of para-hydroxylation sites is 2. The maximum absolute atomic E-state index is 13.3. The minimum atomic E-state index is -4.65. The van der Waals surface area contributed by atoms with Gasteiger partial charge in [-0.15, -0.1) is 0 Å². The summed E-state index contributed by atoms with van der Waals surface area (Å²) < 4.78 is 45.8. The van der Waals surface area contributed by atoms with E-state index in [0.29, 0.717) is 0 Å². The van der Waals surface area contributed by atoms with Gasteiger partial charge in [0.2, 0.25) is 5.75 Å². The average Bonchev–Trinajstić information content (AvgIpc) is 2.86. The van der Waals surface area contributed by atoms with Crippen LogP contribution in [0.3, 0.4) is 0 Å². The first-order chi connectivity index (χ1) is 17.6. The van der Waals surface area contributed by atoms with E-state index in [-0.39, 0.29) is 27.9 Å². The molecule has 0 unspecified atom stereocenters. The lowest BCUT2D eigenvalue weighted by Gasteiger charge is -2.12. The lowest BCUT2D eigenvalue weighted by molar-refractivity contribution is -0.385. The van der Waals surface area contributed by atoms with Crippen LogP contribution in [0, 0.1) is 10.1 Å². The van der Waals surface area contributed by atoms with Crippen molar-refractivity contribution in [2.75, 3.05) is 6.61 Å². The molecular formula is C24H15F3N4O6. The Morgan fingerprint density at radius 1 is 1.14 bits per heavy atom. The third-order valence-electron chi connectivity index (χ3n) is 5.08. The molecule has 0 atom stereocenters. The summed E-state index contributed by atoms with van der Waals surface area (Å²) >= 11 is 0. The first-order valence-electron chi connectivity index (χ1n) is 10.4. The second-order valence-corrected chi connectivity index (χ2v) is 7.53. The van der Waals surface area contributed by atoms with Crippen LogP contribution in [0.1, 0.15) is 11.1 Å². The van der Waals surface area contributed by atoms with Crippen molar-refractivity contribution < 1.29 is 32.7 Å².